The van der Waals surface area contributed by atoms with E-state index in [-0.39, 0.29) is 12.0 Å². The van der Waals surface area contributed by atoms with Crippen LogP contribution in [0.25, 0.3) is 0 Å². The zero-order chi connectivity index (χ0) is 13.0. The number of benzene rings is 1. The van der Waals surface area contributed by atoms with Gasteiger partial charge in [-0.2, -0.15) is 0 Å². The molecule has 1 aliphatic carbocycles. The molecule has 4 heteroatoms. The zero-order valence-electron chi connectivity index (χ0n) is 10.6. The molecule has 98 valence electrons. The van der Waals surface area contributed by atoms with E-state index >= 15 is 0 Å². The number of rotatable bonds is 5. The van der Waals surface area contributed by atoms with Crippen molar-refractivity contribution in [3.63, 3.8) is 0 Å². The van der Waals surface area contributed by atoms with E-state index in [0.717, 1.165) is 24.2 Å². The Hall–Kier alpha value is -1.55. The van der Waals surface area contributed by atoms with Crippen LogP contribution in [0.1, 0.15) is 18.4 Å². The van der Waals surface area contributed by atoms with Gasteiger partial charge < -0.3 is 15.2 Å². The third-order valence-electron chi connectivity index (χ3n) is 3.34. The highest BCUT2D eigenvalue weighted by atomic mass is 16.5. The molecular weight excluding hydrogens is 230 g/mol. The number of nitrogens with one attached hydrogen (secondary N) is 1. The Morgan fingerprint density at radius 3 is 2.83 bits per heavy atom. The van der Waals surface area contributed by atoms with Crippen LogP contribution in [0.5, 0.6) is 5.75 Å². The minimum atomic E-state index is -0.166. The number of carbonyl (C=O) groups excluding carboxylic acids is 1. The largest absolute Gasteiger partial charge is 0.496 e. The average molecular weight is 249 g/mol. The van der Waals surface area contributed by atoms with Gasteiger partial charge in [0.05, 0.1) is 19.6 Å². The lowest BCUT2D eigenvalue weighted by molar-refractivity contribution is -0.121. The number of aliphatic hydroxyl groups is 1. The second kappa shape index (κ2) is 5.87. The standard InChI is InChI=1S/C14H19NO3/c1-18-13-5-3-2-4-11(13)8-14(17)15-9-10-6-12(16)7-10/h2-5,10,12,16H,6-9H2,1H3,(H,15,17). The van der Waals surface area contributed by atoms with Gasteiger partial charge in [0, 0.05) is 12.1 Å². The minimum absolute atomic E-state index is 0.000824. The first kappa shape index (κ1) is 12.9. The molecule has 0 aliphatic heterocycles. The molecule has 2 rings (SSSR count). The highest BCUT2D eigenvalue weighted by Gasteiger charge is 2.27. The second-order valence-corrected chi connectivity index (χ2v) is 4.78. The molecular formula is C14H19NO3. The van der Waals surface area contributed by atoms with Crippen molar-refractivity contribution in [3.8, 4) is 5.75 Å². The summed E-state index contributed by atoms with van der Waals surface area (Å²) >= 11 is 0. The smallest absolute Gasteiger partial charge is 0.224 e. The van der Waals surface area contributed by atoms with Gasteiger partial charge in [0.15, 0.2) is 0 Å². The quantitative estimate of drug-likeness (QED) is 0.822. The lowest BCUT2D eigenvalue weighted by Crippen LogP contribution is -2.38. The lowest BCUT2D eigenvalue weighted by Gasteiger charge is -2.31. The van der Waals surface area contributed by atoms with E-state index in [1.807, 2.05) is 24.3 Å². The predicted octanol–water partition coefficient (Wildman–Crippen LogP) is 1.12. The summed E-state index contributed by atoms with van der Waals surface area (Å²) in [6.45, 7) is 0.658. The molecule has 1 amide bonds. The molecule has 0 spiro atoms. The molecule has 1 saturated carbocycles. The van der Waals surface area contributed by atoms with Crippen molar-refractivity contribution in [1.29, 1.82) is 0 Å². The summed E-state index contributed by atoms with van der Waals surface area (Å²) in [5.41, 5.74) is 0.895. The number of carbonyl (C=O) groups is 1. The zero-order valence-corrected chi connectivity index (χ0v) is 10.6. The number of para-hydroxylation sites is 1. The molecule has 1 aliphatic rings. The third kappa shape index (κ3) is 3.23. The van der Waals surface area contributed by atoms with E-state index in [2.05, 4.69) is 5.32 Å². The molecule has 1 fully saturated rings. The van der Waals surface area contributed by atoms with Gasteiger partial charge in [-0.3, -0.25) is 4.79 Å². The minimum Gasteiger partial charge on any atom is -0.496 e. The molecule has 18 heavy (non-hydrogen) atoms. The normalized spacial score (nSPS) is 22.1. The number of hydrogen-bond donors (Lipinski definition) is 2. The van der Waals surface area contributed by atoms with Crippen molar-refractivity contribution in [2.75, 3.05) is 13.7 Å². The number of aliphatic hydroxyl groups excluding tert-OH is 1. The van der Waals surface area contributed by atoms with Gasteiger partial charge in [0.2, 0.25) is 5.91 Å². The topological polar surface area (TPSA) is 58.6 Å². The van der Waals surface area contributed by atoms with Crippen molar-refractivity contribution in [2.24, 2.45) is 5.92 Å². The summed E-state index contributed by atoms with van der Waals surface area (Å²) in [7, 11) is 1.60. The molecule has 1 aromatic rings. The predicted molar refractivity (Wildman–Crippen MR) is 68.4 cm³/mol. The highest BCUT2D eigenvalue weighted by Crippen LogP contribution is 2.26. The number of hydrogen-bond acceptors (Lipinski definition) is 3. The number of amides is 1. The van der Waals surface area contributed by atoms with Gasteiger partial charge in [-0.05, 0) is 24.8 Å². The van der Waals surface area contributed by atoms with Crippen LogP contribution < -0.4 is 10.1 Å². The summed E-state index contributed by atoms with van der Waals surface area (Å²) in [5, 5.41) is 12.1. The first-order chi connectivity index (χ1) is 8.69. The van der Waals surface area contributed by atoms with E-state index in [1.165, 1.54) is 0 Å². The maximum Gasteiger partial charge on any atom is 0.224 e. The lowest BCUT2D eigenvalue weighted by atomic mass is 9.82. The summed E-state index contributed by atoms with van der Waals surface area (Å²) in [4.78, 5) is 11.8. The van der Waals surface area contributed by atoms with Gasteiger partial charge in [0.1, 0.15) is 5.75 Å². The fraction of sp³-hybridized carbons (Fsp3) is 0.500. The maximum absolute atomic E-state index is 11.8. The van der Waals surface area contributed by atoms with Crippen LogP contribution in [0.15, 0.2) is 24.3 Å². The monoisotopic (exact) mass is 249 g/mol. The van der Waals surface area contributed by atoms with Crippen LogP contribution in [0, 0.1) is 5.92 Å². The van der Waals surface area contributed by atoms with Crippen molar-refractivity contribution in [3.05, 3.63) is 29.8 Å². The van der Waals surface area contributed by atoms with E-state index < -0.39 is 0 Å². The van der Waals surface area contributed by atoms with Crippen molar-refractivity contribution >= 4 is 5.91 Å². The van der Waals surface area contributed by atoms with Crippen LogP contribution >= 0.6 is 0 Å². The van der Waals surface area contributed by atoms with Gasteiger partial charge in [-0.1, -0.05) is 18.2 Å². The molecule has 2 N–H and O–H groups in total. The Labute approximate surface area is 107 Å². The van der Waals surface area contributed by atoms with Gasteiger partial charge in [-0.15, -0.1) is 0 Å². The number of ether oxygens (including phenoxy) is 1. The van der Waals surface area contributed by atoms with E-state index in [4.69, 9.17) is 9.84 Å². The first-order valence-electron chi connectivity index (χ1n) is 6.25. The third-order valence-corrected chi connectivity index (χ3v) is 3.34. The van der Waals surface area contributed by atoms with Crippen LogP contribution in [0.4, 0.5) is 0 Å². The van der Waals surface area contributed by atoms with Crippen molar-refractivity contribution < 1.29 is 14.6 Å². The van der Waals surface area contributed by atoms with Crippen molar-refractivity contribution in [2.45, 2.75) is 25.4 Å². The second-order valence-electron chi connectivity index (χ2n) is 4.78. The average Bonchev–Trinajstić information content (AvgIpc) is 2.34. The summed E-state index contributed by atoms with van der Waals surface area (Å²) in [6, 6.07) is 7.53. The Bertz CT molecular complexity index is 413. The molecule has 4 nitrogen and oxygen atoms in total. The Balaban J connectivity index is 1.79. The molecule has 0 heterocycles. The molecule has 0 bridgehead atoms. The van der Waals surface area contributed by atoms with Gasteiger partial charge in [-0.25, -0.2) is 0 Å². The Morgan fingerprint density at radius 1 is 1.44 bits per heavy atom. The van der Waals surface area contributed by atoms with Crippen LogP contribution in [-0.4, -0.2) is 30.8 Å². The molecule has 0 aromatic heterocycles. The summed E-state index contributed by atoms with van der Waals surface area (Å²) in [5.74, 6) is 1.18. The van der Waals surface area contributed by atoms with Crippen LogP contribution in [0.3, 0.4) is 0 Å². The number of methoxy groups -OCH3 is 1. The Morgan fingerprint density at radius 2 is 2.17 bits per heavy atom. The Kier molecular flexibility index (Phi) is 4.20. The van der Waals surface area contributed by atoms with E-state index in [1.54, 1.807) is 7.11 Å². The van der Waals surface area contributed by atoms with Crippen LogP contribution in [0.2, 0.25) is 0 Å². The fourth-order valence-electron chi connectivity index (χ4n) is 2.21. The van der Waals surface area contributed by atoms with E-state index in [9.17, 15) is 4.79 Å². The van der Waals surface area contributed by atoms with Gasteiger partial charge >= 0.3 is 0 Å². The maximum atomic E-state index is 11.8. The van der Waals surface area contributed by atoms with E-state index in [0.29, 0.717) is 18.9 Å². The summed E-state index contributed by atoms with van der Waals surface area (Å²) in [6.07, 6.45) is 1.77. The first-order valence-corrected chi connectivity index (χ1v) is 6.25. The van der Waals surface area contributed by atoms with Gasteiger partial charge in [0.25, 0.3) is 0 Å². The summed E-state index contributed by atoms with van der Waals surface area (Å²) < 4.78 is 5.21. The van der Waals surface area contributed by atoms with Crippen LogP contribution in [-0.2, 0) is 11.2 Å². The SMILES string of the molecule is COc1ccccc1CC(=O)NCC1CC(O)C1. The molecule has 0 saturated heterocycles. The molecule has 0 unspecified atom stereocenters. The molecule has 0 atom stereocenters. The van der Waals surface area contributed by atoms with Crippen molar-refractivity contribution in [1.82, 2.24) is 5.32 Å². The molecule has 0 radical (unpaired) electrons. The molecule has 1 aromatic carbocycles. The highest BCUT2D eigenvalue weighted by molar-refractivity contribution is 5.79. The fourth-order valence-corrected chi connectivity index (χ4v) is 2.21.